The summed E-state index contributed by atoms with van der Waals surface area (Å²) in [6.45, 7) is 0.929. The fourth-order valence-electron chi connectivity index (χ4n) is 4.55. The molecule has 1 amide bonds. The molecule has 0 fully saturated rings. The van der Waals surface area contributed by atoms with Crippen molar-refractivity contribution in [2.45, 2.75) is 31.1 Å². The standard InChI is InChI=1S/C29H24Cl2F7N3O/c30-24-4-1-16(11-25(24)31)17(5-7-39-8-6-18-15-40-26-13-22(32)2-3-23(18)26)14-41-27(42)19-9-20(28(33,34)35)12-21(10-19)29(36,37)38/h1-4,9-13,15,17,39-40H,5-8,14H2,(H,41,42). The highest BCUT2D eigenvalue weighted by Crippen LogP contribution is 2.36. The molecule has 13 heteroatoms. The predicted molar refractivity (Wildman–Crippen MR) is 147 cm³/mol. The maximum Gasteiger partial charge on any atom is 0.416 e. The van der Waals surface area contributed by atoms with Crippen molar-refractivity contribution in [3.8, 4) is 0 Å². The molecule has 0 aliphatic carbocycles. The molecule has 4 aromatic rings. The number of hydrogen-bond donors (Lipinski definition) is 3. The number of halogens is 9. The Kier molecular flexibility index (Phi) is 9.74. The van der Waals surface area contributed by atoms with Gasteiger partial charge in [-0.25, -0.2) is 4.39 Å². The monoisotopic (exact) mass is 633 g/mol. The Morgan fingerprint density at radius 3 is 2.19 bits per heavy atom. The van der Waals surface area contributed by atoms with E-state index in [1.807, 2.05) is 0 Å². The van der Waals surface area contributed by atoms with Gasteiger partial charge in [0.1, 0.15) is 5.82 Å². The lowest BCUT2D eigenvalue weighted by Crippen LogP contribution is -2.31. The summed E-state index contributed by atoms with van der Waals surface area (Å²) in [6.07, 6.45) is -7.27. The van der Waals surface area contributed by atoms with Gasteiger partial charge < -0.3 is 15.6 Å². The summed E-state index contributed by atoms with van der Waals surface area (Å²) < 4.78 is 92.9. The van der Waals surface area contributed by atoms with E-state index in [9.17, 15) is 35.5 Å². The molecule has 0 spiro atoms. The van der Waals surface area contributed by atoms with Crippen LogP contribution in [0, 0.1) is 5.82 Å². The zero-order valence-electron chi connectivity index (χ0n) is 21.7. The number of rotatable bonds is 10. The van der Waals surface area contributed by atoms with E-state index in [4.69, 9.17) is 23.2 Å². The SMILES string of the molecule is O=C(NCC(CCNCCc1c[nH]c2cc(F)ccc12)c1ccc(Cl)c(Cl)c1)c1cc(C(F)(F)F)cc(C(F)(F)F)c1. The maximum atomic E-state index is 13.4. The first-order valence-electron chi connectivity index (χ1n) is 12.7. The van der Waals surface area contributed by atoms with Gasteiger partial charge in [-0.3, -0.25) is 4.79 Å². The van der Waals surface area contributed by atoms with Crippen LogP contribution in [-0.4, -0.2) is 30.5 Å². The molecular formula is C29H24Cl2F7N3O. The average molecular weight is 634 g/mol. The van der Waals surface area contributed by atoms with Gasteiger partial charge in [-0.2, -0.15) is 26.3 Å². The van der Waals surface area contributed by atoms with Gasteiger partial charge in [-0.05, 0) is 85.6 Å². The Hall–Kier alpha value is -3.28. The first-order chi connectivity index (χ1) is 19.7. The molecule has 0 bridgehead atoms. The van der Waals surface area contributed by atoms with Gasteiger partial charge >= 0.3 is 12.4 Å². The number of benzene rings is 3. The number of H-pyrrole nitrogens is 1. The molecule has 0 saturated heterocycles. The first kappa shape index (κ1) is 31.7. The molecule has 4 nitrogen and oxygen atoms in total. The lowest BCUT2D eigenvalue weighted by atomic mass is 9.95. The van der Waals surface area contributed by atoms with Crippen molar-refractivity contribution < 1.29 is 35.5 Å². The fraction of sp³-hybridized carbons (Fsp3) is 0.276. The zero-order valence-corrected chi connectivity index (χ0v) is 23.2. The van der Waals surface area contributed by atoms with E-state index >= 15 is 0 Å². The largest absolute Gasteiger partial charge is 0.416 e. The van der Waals surface area contributed by atoms with Gasteiger partial charge in [-0.15, -0.1) is 0 Å². The van der Waals surface area contributed by atoms with Gasteiger partial charge in [0, 0.05) is 35.1 Å². The number of hydrogen-bond acceptors (Lipinski definition) is 2. The molecule has 1 aromatic heterocycles. The van der Waals surface area contributed by atoms with Gasteiger partial charge in [0.15, 0.2) is 0 Å². The van der Waals surface area contributed by atoms with Crippen LogP contribution in [-0.2, 0) is 18.8 Å². The molecule has 0 radical (unpaired) electrons. The highest BCUT2D eigenvalue weighted by atomic mass is 35.5. The molecule has 3 N–H and O–H groups in total. The summed E-state index contributed by atoms with van der Waals surface area (Å²) in [5.74, 6) is -1.83. The molecule has 4 rings (SSSR count). The quantitative estimate of drug-likeness (QED) is 0.121. The van der Waals surface area contributed by atoms with E-state index in [-0.39, 0.29) is 23.5 Å². The molecule has 1 atom stereocenters. The minimum atomic E-state index is -5.08. The van der Waals surface area contributed by atoms with Gasteiger partial charge in [0.25, 0.3) is 5.91 Å². The third-order valence-corrected chi connectivity index (χ3v) is 7.48. The van der Waals surface area contributed by atoms with Crippen molar-refractivity contribution in [3.05, 3.63) is 104 Å². The van der Waals surface area contributed by atoms with Crippen LogP contribution in [0.1, 0.15) is 45.0 Å². The van der Waals surface area contributed by atoms with Crippen LogP contribution in [0.15, 0.2) is 60.8 Å². The number of fused-ring (bicyclic) bond motifs is 1. The Morgan fingerprint density at radius 2 is 1.55 bits per heavy atom. The molecule has 1 unspecified atom stereocenters. The number of nitrogens with one attached hydrogen (secondary N) is 3. The van der Waals surface area contributed by atoms with E-state index < -0.39 is 40.9 Å². The molecular weight excluding hydrogens is 610 g/mol. The van der Waals surface area contributed by atoms with Crippen LogP contribution >= 0.6 is 23.2 Å². The summed E-state index contributed by atoms with van der Waals surface area (Å²) in [7, 11) is 0. The molecule has 3 aromatic carbocycles. The van der Waals surface area contributed by atoms with Crippen LogP contribution in [0.5, 0.6) is 0 Å². The number of amides is 1. The summed E-state index contributed by atoms with van der Waals surface area (Å²) in [4.78, 5) is 15.8. The van der Waals surface area contributed by atoms with Gasteiger partial charge in [0.2, 0.25) is 0 Å². The molecule has 0 aliphatic rings. The fourth-order valence-corrected chi connectivity index (χ4v) is 4.85. The van der Waals surface area contributed by atoms with Crippen molar-refractivity contribution in [1.82, 2.24) is 15.6 Å². The molecule has 0 saturated carbocycles. The number of carbonyl (C=O) groups excluding carboxylic acids is 1. The predicted octanol–water partition coefficient (Wildman–Crippen LogP) is 8.39. The van der Waals surface area contributed by atoms with E-state index in [2.05, 4.69) is 15.6 Å². The van der Waals surface area contributed by atoms with E-state index in [0.717, 1.165) is 10.9 Å². The number of aromatic nitrogens is 1. The number of carbonyl (C=O) groups is 1. The minimum absolute atomic E-state index is 0.0322. The second-order valence-electron chi connectivity index (χ2n) is 9.67. The van der Waals surface area contributed by atoms with Gasteiger partial charge in [0.05, 0.1) is 21.2 Å². The first-order valence-corrected chi connectivity index (χ1v) is 13.5. The van der Waals surface area contributed by atoms with Crippen LogP contribution in [0.4, 0.5) is 30.7 Å². The van der Waals surface area contributed by atoms with E-state index in [0.29, 0.717) is 54.2 Å². The second-order valence-corrected chi connectivity index (χ2v) is 10.5. The average Bonchev–Trinajstić information content (AvgIpc) is 3.32. The molecule has 42 heavy (non-hydrogen) atoms. The third kappa shape index (κ3) is 7.96. The highest BCUT2D eigenvalue weighted by molar-refractivity contribution is 6.42. The number of alkyl halides is 6. The Labute approximate surface area is 246 Å². The lowest BCUT2D eigenvalue weighted by molar-refractivity contribution is -0.143. The summed E-state index contributed by atoms with van der Waals surface area (Å²) in [5.41, 5.74) is -1.57. The Bertz CT molecular complexity index is 1540. The van der Waals surface area contributed by atoms with Crippen molar-refractivity contribution in [1.29, 1.82) is 0 Å². The molecule has 0 aliphatic heterocycles. The highest BCUT2D eigenvalue weighted by Gasteiger charge is 2.37. The summed E-state index contributed by atoms with van der Waals surface area (Å²) >= 11 is 12.2. The smallest absolute Gasteiger partial charge is 0.361 e. The Morgan fingerprint density at radius 1 is 0.857 bits per heavy atom. The van der Waals surface area contributed by atoms with Crippen molar-refractivity contribution in [2.24, 2.45) is 0 Å². The maximum absolute atomic E-state index is 13.4. The third-order valence-electron chi connectivity index (χ3n) is 6.74. The normalized spacial score (nSPS) is 13.0. The van der Waals surface area contributed by atoms with Crippen LogP contribution in [0.3, 0.4) is 0 Å². The summed E-state index contributed by atoms with van der Waals surface area (Å²) in [5, 5.41) is 7.20. The number of aromatic amines is 1. The topological polar surface area (TPSA) is 56.9 Å². The van der Waals surface area contributed by atoms with E-state index in [1.165, 1.54) is 12.1 Å². The molecule has 1 heterocycles. The minimum Gasteiger partial charge on any atom is -0.361 e. The van der Waals surface area contributed by atoms with Crippen molar-refractivity contribution in [3.63, 3.8) is 0 Å². The van der Waals surface area contributed by atoms with Gasteiger partial charge in [-0.1, -0.05) is 29.3 Å². The van der Waals surface area contributed by atoms with Crippen LogP contribution in [0.25, 0.3) is 10.9 Å². The van der Waals surface area contributed by atoms with Crippen LogP contribution in [0.2, 0.25) is 10.0 Å². The van der Waals surface area contributed by atoms with Crippen LogP contribution < -0.4 is 10.6 Å². The summed E-state index contributed by atoms with van der Waals surface area (Å²) in [6, 6.07) is 10.1. The zero-order chi connectivity index (χ0) is 30.7. The molecule has 224 valence electrons. The van der Waals surface area contributed by atoms with E-state index in [1.54, 1.807) is 30.5 Å². The lowest BCUT2D eigenvalue weighted by Gasteiger charge is -2.20. The Balaban J connectivity index is 1.43. The van der Waals surface area contributed by atoms with Crippen molar-refractivity contribution >= 4 is 40.0 Å². The van der Waals surface area contributed by atoms with Crippen molar-refractivity contribution in [2.75, 3.05) is 19.6 Å². The second kappa shape index (κ2) is 12.9.